The quantitative estimate of drug-likeness (QED) is 0.858. The average molecular weight is 364 g/mol. The van der Waals surface area contributed by atoms with Gasteiger partial charge in [-0.25, -0.2) is 0 Å². The van der Waals surface area contributed by atoms with Crippen molar-refractivity contribution in [3.8, 4) is 11.1 Å². The molecule has 2 aromatic rings. The predicted molar refractivity (Wildman–Crippen MR) is 91.6 cm³/mol. The highest BCUT2D eigenvalue weighted by atomic mass is 19.4. The Morgan fingerprint density at radius 2 is 1.62 bits per heavy atom. The van der Waals surface area contributed by atoms with Crippen LogP contribution in [0.3, 0.4) is 0 Å². The predicted octanol–water partition coefficient (Wildman–Crippen LogP) is 4.42. The van der Waals surface area contributed by atoms with Crippen LogP contribution in [0.1, 0.15) is 38.4 Å². The van der Waals surface area contributed by atoms with E-state index in [-0.39, 0.29) is 11.1 Å². The van der Waals surface area contributed by atoms with Gasteiger partial charge in [0.05, 0.1) is 12.1 Å². The van der Waals surface area contributed by atoms with Crippen LogP contribution in [0, 0.1) is 0 Å². The molecule has 0 bridgehead atoms. The molecule has 0 saturated carbocycles. The molecule has 4 nitrogen and oxygen atoms in total. The molecule has 1 unspecified atom stereocenters. The summed E-state index contributed by atoms with van der Waals surface area (Å²) < 4.78 is 38.4. The molecule has 2 heterocycles. The highest BCUT2D eigenvalue weighted by Crippen LogP contribution is 2.39. The van der Waals surface area contributed by atoms with Crippen LogP contribution in [0.15, 0.2) is 47.8 Å². The van der Waals surface area contributed by atoms with Gasteiger partial charge in [-0.1, -0.05) is 50.2 Å². The molecule has 1 aliphatic heterocycles. The topological polar surface area (TPSA) is 54.7 Å². The van der Waals surface area contributed by atoms with E-state index in [1.165, 1.54) is 0 Å². The number of oxime groups is 1. The molecule has 1 aromatic carbocycles. The maximum Gasteiger partial charge on any atom is 0.458 e. The largest absolute Gasteiger partial charge is 0.458 e. The lowest BCUT2D eigenvalue weighted by Gasteiger charge is -2.22. The van der Waals surface area contributed by atoms with Gasteiger partial charge < -0.3 is 9.94 Å². The van der Waals surface area contributed by atoms with E-state index in [2.05, 4.69) is 35.7 Å². The van der Waals surface area contributed by atoms with E-state index in [0.29, 0.717) is 5.56 Å². The zero-order chi connectivity index (χ0) is 19.2. The minimum atomic E-state index is -4.90. The van der Waals surface area contributed by atoms with E-state index in [4.69, 9.17) is 0 Å². The number of nitrogens with zero attached hydrogens (tertiary/aromatic N) is 2. The molecule has 0 spiro atoms. The van der Waals surface area contributed by atoms with Crippen molar-refractivity contribution in [2.75, 3.05) is 0 Å². The van der Waals surface area contributed by atoms with Crippen LogP contribution in [0.4, 0.5) is 13.2 Å². The number of benzene rings is 1. The fourth-order valence-electron chi connectivity index (χ4n) is 2.60. The number of halogens is 3. The van der Waals surface area contributed by atoms with Crippen LogP contribution in [-0.4, -0.2) is 27.8 Å². The fourth-order valence-corrected chi connectivity index (χ4v) is 2.60. The van der Waals surface area contributed by atoms with Gasteiger partial charge in [-0.05, 0) is 28.8 Å². The van der Waals surface area contributed by atoms with Gasteiger partial charge in [0.2, 0.25) is 0 Å². The second-order valence-electron chi connectivity index (χ2n) is 7.35. The van der Waals surface area contributed by atoms with Crippen LogP contribution in [-0.2, 0) is 10.3 Å². The van der Waals surface area contributed by atoms with Gasteiger partial charge in [0, 0.05) is 17.3 Å². The van der Waals surface area contributed by atoms with Crippen LogP contribution < -0.4 is 0 Å². The highest BCUT2D eigenvalue weighted by molar-refractivity contribution is 6.01. The number of hydrogen-bond donors (Lipinski definition) is 1. The minimum Gasteiger partial charge on any atom is -0.350 e. The Morgan fingerprint density at radius 3 is 2.15 bits per heavy atom. The Hall–Kier alpha value is -2.41. The van der Waals surface area contributed by atoms with Gasteiger partial charge >= 0.3 is 12.0 Å². The lowest BCUT2D eigenvalue weighted by atomic mass is 9.90. The van der Waals surface area contributed by atoms with Gasteiger partial charge in [-0.2, -0.15) is 13.2 Å². The van der Waals surface area contributed by atoms with Crippen LogP contribution >= 0.6 is 0 Å². The fraction of sp³-hybridized carbons (Fsp3) is 0.368. The van der Waals surface area contributed by atoms with Crippen LogP contribution in [0.2, 0.25) is 0 Å². The molecule has 7 heteroatoms. The summed E-state index contributed by atoms with van der Waals surface area (Å²) in [4.78, 5) is 8.64. The van der Waals surface area contributed by atoms with Crippen molar-refractivity contribution in [2.45, 2.75) is 44.6 Å². The van der Waals surface area contributed by atoms with E-state index in [1.807, 2.05) is 12.1 Å². The summed E-state index contributed by atoms with van der Waals surface area (Å²) >= 11 is 0. The summed E-state index contributed by atoms with van der Waals surface area (Å²) in [5.74, 6) is -3.26. The first-order valence-electron chi connectivity index (χ1n) is 8.11. The number of aromatic nitrogens is 1. The highest BCUT2D eigenvalue weighted by Gasteiger charge is 2.60. The summed E-state index contributed by atoms with van der Waals surface area (Å²) in [5.41, 5.74) is 3.26. The van der Waals surface area contributed by atoms with Crippen LogP contribution in [0.25, 0.3) is 11.1 Å². The average Bonchev–Trinajstić information content (AvgIpc) is 2.98. The zero-order valence-electron chi connectivity index (χ0n) is 14.6. The van der Waals surface area contributed by atoms with Crippen molar-refractivity contribution >= 4 is 5.71 Å². The molecule has 0 fully saturated rings. The Morgan fingerprint density at radius 1 is 1.00 bits per heavy atom. The smallest absolute Gasteiger partial charge is 0.350 e. The Kier molecular flexibility index (Phi) is 4.30. The summed E-state index contributed by atoms with van der Waals surface area (Å²) in [6.07, 6.45) is -3.90. The lowest BCUT2D eigenvalue weighted by molar-refractivity contribution is -0.355. The molecule has 1 atom stereocenters. The van der Waals surface area contributed by atoms with Gasteiger partial charge in [0.1, 0.15) is 0 Å². The molecule has 1 aliphatic rings. The SMILES string of the molecule is CC(C)(C)c1cc(-c2ccc(C3=NOC(O)(C(F)(F)F)C3)cc2)ccn1. The lowest BCUT2D eigenvalue weighted by Crippen LogP contribution is -2.45. The normalized spacial score (nSPS) is 20.7. The van der Waals surface area contributed by atoms with Crippen molar-refractivity contribution in [1.82, 2.24) is 4.98 Å². The third-order valence-corrected chi connectivity index (χ3v) is 4.24. The molecule has 0 aliphatic carbocycles. The van der Waals surface area contributed by atoms with E-state index in [1.54, 1.807) is 30.5 Å². The second-order valence-corrected chi connectivity index (χ2v) is 7.35. The molecule has 0 amide bonds. The first-order valence-corrected chi connectivity index (χ1v) is 8.11. The van der Waals surface area contributed by atoms with Crippen molar-refractivity contribution < 1.29 is 23.1 Å². The number of aliphatic hydroxyl groups is 1. The van der Waals surface area contributed by atoms with E-state index < -0.39 is 18.4 Å². The molecule has 26 heavy (non-hydrogen) atoms. The van der Waals surface area contributed by atoms with Crippen molar-refractivity contribution in [2.24, 2.45) is 5.16 Å². The zero-order valence-corrected chi connectivity index (χ0v) is 14.6. The number of pyridine rings is 1. The molecular formula is C19H19F3N2O2. The molecule has 0 radical (unpaired) electrons. The number of hydrogen-bond acceptors (Lipinski definition) is 4. The molecule has 3 rings (SSSR count). The van der Waals surface area contributed by atoms with E-state index in [9.17, 15) is 18.3 Å². The standard InChI is InChI=1S/C19H19F3N2O2/c1-17(2,3)16-10-14(8-9-23-16)12-4-6-13(7-5-12)15-11-18(25,26-24-15)19(20,21)22/h4-10,25H,11H2,1-3H3. The van der Waals surface area contributed by atoms with Gasteiger partial charge in [-0.15, -0.1) is 0 Å². The molecule has 138 valence electrons. The summed E-state index contributed by atoms with van der Waals surface area (Å²) in [7, 11) is 0. The third-order valence-electron chi connectivity index (χ3n) is 4.24. The van der Waals surface area contributed by atoms with Gasteiger partial charge in [0.25, 0.3) is 0 Å². The first-order chi connectivity index (χ1) is 12.0. The van der Waals surface area contributed by atoms with Crippen LogP contribution in [0.5, 0.6) is 0 Å². The number of alkyl halides is 3. The Labute approximate surface area is 149 Å². The number of rotatable bonds is 2. The van der Waals surface area contributed by atoms with Gasteiger partial charge in [-0.3, -0.25) is 4.98 Å². The van der Waals surface area contributed by atoms with Gasteiger partial charge in [0.15, 0.2) is 0 Å². The summed E-state index contributed by atoms with van der Waals surface area (Å²) in [5, 5.41) is 12.9. The molecular weight excluding hydrogens is 345 g/mol. The van der Waals surface area contributed by atoms with Crippen molar-refractivity contribution in [3.63, 3.8) is 0 Å². The Balaban J connectivity index is 1.83. The summed E-state index contributed by atoms with van der Waals surface area (Å²) in [6, 6.07) is 10.8. The molecule has 1 aromatic heterocycles. The van der Waals surface area contributed by atoms with Crippen molar-refractivity contribution in [1.29, 1.82) is 0 Å². The maximum atomic E-state index is 12.8. The molecule has 1 N–H and O–H groups in total. The summed E-state index contributed by atoms with van der Waals surface area (Å²) in [6.45, 7) is 6.22. The third kappa shape index (κ3) is 3.44. The first kappa shape index (κ1) is 18.4. The second kappa shape index (κ2) is 6.09. The minimum absolute atomic E-state index is 0.0569. The monoisotopic (exact) mass is 364 g/mol. The van der Waals surface area contributed by atoms with E-state index >= 15 is 0 Å². The maximum absolute atomic E-state index is 12.8. The molecule has 0 saturated heterocycles. The van der Waals surface area contributed by atoms with E-state index in [0.717, 1.165) is 16.8 Å². The van der Waals surface area contributed by atoms with Crippen molar-refractivity contribution in [3.05, 3.63) is 53.9 Å². The Bertz CT molecular complexity index is 839.